The molecule has 0 rings (SSSR count). The van der Waals surface area contributed by atoms with Crippen molar-refractivity contribution in [3.8, 4) is 0 Å². The molecule has 0 radical (unpaired) electrons. The molecule has 0 aliphatic heterocycles. The van der Waals surface area contributed by atoms with Gasteiger partial charge in [0.25, 0.3) is 0 Å². The molecule has 0 amide bonds. The van der Waals surface area contributed by atoms with E-state index in [0.29, 0.717) is 10.2 Å². The highest BCUT2D eigenvalue weighted by molar-refractivity contribution is 6.10. The minimum Gasteiger partial charge on any atom is -0.253 e. The molecule has 0 heterocycles. The summed E-state index contributed by atoms with van der Waals surface area (Å²) in [6.45, 7) is 1.56. The van der Waals surface area contributed by atoms with Crippen LogP contribution in [0.3, 0.4) is 0 Å². The average molecular weight is 78.2 g/mol. The fourth-order valence-electron chi connectivity index (χ4n) is 0. The van der Waals surface area contributed by atoms with Crippen LogP contribution in [0.2, 0.25) is 0 Å². The van der Waals surface area contributed by atoms with Crippen LogP contribution in [0.1, 0.15) is 6.92 Å². The summed E-state index contributed by atoms with van der Waals surface area (Å²) in [5.74, 6) is -0.528. The minimum atomic E-state index is -0.528. The zero-order valence-electron chi connectivity index (χ0n) is 2.96. The molecular formula is C2H7FSi. The molecule has 0 nitrogen and oxygen atoms in total. The van der Waals surface area contributed by atoms with Crippen molar-refractivity contribution in [1.82, 2.24) is 0 Å². The Morgan fingerprint density at radius 1 is 2.00 bits per heavy atom. The van der Waals surface area contributed by atoms with Gasteiger partial charge in [0.05, 0.1) is 5.79 Å². The van der Waals surface area contributed by atoms with Crippen LogP contribution in [-0.4, -0.2) is 16.0 Å². The molecule has 0 aromatic carbocycles. The molecule has 0 saturated heterocycles. The van der Waals surface area contributed by atoms with Crippen LogP contribution >= 0.6 is 0 Å². The van der Waals surface area contributed by atoms with Gasteiger partial charge in [-0.1, -0.05) is 0 Å². The van der Waals surface area contributed by atoms with Crippen LogP contribution < -0.4 is 0 Å². The molecule has 0 aliphatic rings. The van der Waals surface area contributed by atoms with Crippen LogP contribution in [-0.2, 0) is 0 Å². The van der Waals surface area contributed by atoms with Gasteiger partial charge in [-0.05, 0) is 6.92 Å². The van der Waals surface area contributed by atoms with Crippen LogP contribution in [0.5, 0.6) is 0 Å². The van der Waals surface area contributed by atoms with Gasteiger partial charge >= 0.3 is 0 Å². The third kappa shape index (κ3) is 131. The van der Waals surface area contributed by atoms with Crippen molar-refractivity contribution in [1.29, 1.82) is 0 Å². The van der Waals surface area contributed by atoms with Crippen molar-refractivity contribution in [2.24, 2.45) is 0 Å². The van der Waals surface area contributed by atoms with Gasteiger partial charge in [0, 0.05) is 10.2 Å². The average Bonchev–Trinajstić information content (AvgIpc) is 0.811. The number of halogens is 1. The van der Waals surface area contributed by atoms with E-state index < -0.39 is 5.79 Å². The molecule has 0 aromatic heterocycles. The third-order valence-corrected chi connectivity index (χ3v) is 0. The summed E-state index contributed by atoms with van der Waals surface area (Å²) in [6, 6.07) is 0. The van der Waals surface area contributed by atoms with E-state index in [-0.39, 0.29) is 0 Å². The highest BCUT2D eigenvalue weighted by atomic mass is 28.1. The Bertz CT molecular complexity index is 10.8. The lowest BCUT2D eigenvalue weighted by molar-refractivity contribution is 0.474. The molecule has 4 heavy (non-hydrogen) atoms. The van der Waals surface area contributed by atoms with Crippen LogP contribution in [0.4, 0.5) is 4.39 Å². The van der Waals surface area contributed by atoms with E-state index in [1.165, 1.54) is 0 Å². The van der Waals surface area contributed by atoms with Crippen molar-refractivity contribution in [2.45, 2.75) is 12.7 Å². The Morgan fingerprint density at radius 3 is 2.00 bits per heavy atom. The summed E-state index contributed by atoms with van der Waals surface area (Å²) >= 11 is 0. The Morgan fingerprint density at radius 2 is 2.00 bits per heavy atom. The first-order valence-corrected chi connectivity index (χ1v) is 2.53. The molecule has 0 bridgehead atoms. The van der Waals surface area contributed by atoms with E-state index in [2.05, 4.69) is 0 Å². The Labute approximate surface area is 28.4 Å². The van der Waals surface area contributed by atoms with E-state index in [9.17, 15) is 4.39 Å². The molecular weight excluding hydrogens is 71.1 g/mol. The quantitative estimate of drug-likeness (QED) is 0.348. The number of hydrogen-bond donors (Lipinski definition) is 0. The van der Waals surface area contributed by atoms with E-state index in [1.54, 1.807) is 6.92 Å². The van der Waals surface area contributed by atoms with E-state index in [0.717, 1.165) is 0 Å². The lowest BCUT2D eigenvalue weighted by Gasteiger charge is -1.74. The second-order valence-corrected chi connectivity index (χ2v) is 2.60. The first-order chi connectivity index (χ1) is 1.73. The third-order valence-electron chi connectivity index (χ3n) is 0. The molecule has 0 spiro atoms. The van der Waals surface area contributed by atoms with Gasteiger partial charge in [-0.3, -0.25) is 4.39 Å². The number of hydrogen-bond acceptors (Lipinski definition) is 0. The molecule has 0 aromatic rings. The lowest BCUT2D eigenvalue weighted by Crippen LogP contribution is -1.84. The van der Waals surface area contributed by atoms with Crippen molar-refractivity contribution in [3.63, 3.8) is 0 Å². The standard InChI is InChI=1S/C2H7FSi/c1-2(3)4/h2H,1,4H3. The predicted octanol–water partition coefficient (Wildman–Crippen LogP) is -0.333. The highest BCUT2D eigenvalue weighted by Gasteiger charge is 1.74. The molecule has 26 valence electrons. The first kappa shape index (κ1) is 4.15. The fraction of sp³-hybridized carbons (Fsp3) is 1.00. The summed E-state index contributed by atoms with van der Waals surface area (Å²) in [6.07, 6.45) is 0. The normalized spacial score (nSPS) is 16.5. The van der Waals surface area contributed by atoms with Crippen LogP contribution in [0.15, 0.2) is 0 Å². The van der Waals surface area contributed by atoms with E-state index >= 15 is 0 Å². The molecule has 0 saturated carbocycles. The van der Waals surface area contributed by atoms with Gasteiger partial charge in [-0.15, -0.1) is 0 Å². The Balaban J connectivity index is 2.32. The second-order valence-electron chi connectivity index (χ2n) is 1.01. The maximum Gasteiger partial charge on any atom is 0.0770 e. The molecule has 2 heteroatoms. The zero-order valence-corrected chi connectivity index (χ0v) is 4.96. The molecule has 0 aliphatic carbocycles. The summed E-state index contributed by atoms with van der Waals surface area (Å²) < 4.78 is 11.1. The van der Waals surface area contributed by atoms with Crippen LogP contribution in [0.25, 0.3) is 0 Å². The topological polar surface area (TPSA) is 0 Å². The maximum absolute atomic E-state index is 11.1. The van der Waals surface area contributed by atoms with Gasteiger partial charge in [0.2, 0.25) is 0 Å². The van der Waals surface area contributed by atoms with Crippen molar-refractivity contribution < 1.29 is 4.39 Å². The van der Waals surface area contributed by atoms with E-state index in [1.807, 2.05) is 0 Å². The van der Waals surface area contributed by atoms with Gasteiger partial charge in [-0.2, -0.15) is 0 Å². The molecule has 0 fully saturated rings. The lowest BCUT2D eigenvalue weighted by atomic mass is 10.9. The van der Waals surface area contributed by atoms with Gasteiger partial charge in [0.15, 0.2) is 0 Å². The summed E-state index contributed by atoms with van der Waals surface area (Å²) in [5, 5.41) is 0. The number of rotatable bonds is 0. The summed E-state index contributed by atoms with van der Waals surface area (Å²) in [5.41, 5.74) is 0. The van der Waals surface area contributed by atoms with Gasteiger partial charge in [-0.25, -0.2) is 0 Å². The van der Waals surface area contributed by atoms with Gasteiger partial charge < -0.3 is 0 Å². The summed E-state index contributed by atoms with van der Waals surface area (Å²) in [7, 11) is 0.682. The predicted molar refractivity (Wildman–Crippen MR) is 20.5 cm³/mol. The molecule has 1 atom stereocenters. The fourth-order valence-corrected chi connectivity index (χ4v) is 0. The van der Waals surface area contributed by atoms with Crippen molar-refractivity contribution in [2.75, 3.05) is 0 Å². The van der Waals surface area contributed by atoms with E-state index in [4.69, 9.17) is 0 Å². The highest BCUT2D eigenvalue weighted by Crippen LogP contribution is 1.70. The van der Waals surface area contributed by atoms with Crippen LogP contribution in [0, 0.1) is 0 Å². The number of alkyl halides is 1. The zero-order chi connectivity index (χ0) is 3.58. The van der Waals surface area contributed by atoms with Gasteiger partial charge in [0.1, 0.15) is 0 Å². The van der Waals surface area contributed by atoms with Crippen molar-refractivity contribution in [3.05, 3.63) is 0 Å². The second kappa shape index (κ2) is 1.46. The maximum atomic E-state index is 11.1. The monoisotopic (exact) mass is 78.0 g/mol. The minimum absolute atomic E-state index is 0.528. The SMILES string of the molecule is CC(F)[SiH3]. The smallest absolute Gasteiger partial charge is 0.0770 e. The molecule has 0 N–H and O–H groups in total. The summed E-state index contributed by atoms with van der Waals surface area (Å²) in [4.78, 5) is 0. The largest absolute Gasteiger partial charge is 0.253 e. The first-order valence-electron chi connectivity index (χ1n) is 1.37. The van der Waals surface area contributed by atoms with Crippen molar-refractivity contribution >= 4 is 10.2 Å². The Hall–Kier alpha value is 0.147. The Kier molecular flexibility index (Phi) is 1.52. The molecule has 1 unspecified atom stereocenters.